The number of urea groups is 1. The number of benzene rings is 1. The normalized spacial score (nSPS) is 15.2. The number of ether oxygens (including phenoxy) is 1. The largest absolute Gasteiger partial charge is 0.497 e. The van der Waals surface area contributed by atoms with E-state index in [1.54, 1.807) is 13.3 Å². The van der Waals surface area contributed by atoms with Crippen molar-refractivity contribution >= 4 is 6.03 Å². The first-order chi connectivity index (χ1) is 11.7. The minimum absolute atomic E-state index is 0.0446. The van der Waals surface area contributed by atoms with Crippen LogP contribution in [-0.4, -0.2) is 29.6 Å². The average Bonchev–Trinajstić information content (AvgIpc) is 2.84. The van der Waals surface area contributed by atoms with Gasteiger partial charge in [-0.05, 0) is 55.2 Å². The maximum Gasteiger partial charge on any atom is 0.318 e. The van der Waals surface area contributed by atoms with Crippen molar-refractivity contribution in [3.05, 3.63) is 59.4 Å². The van der Waals surface area contributed by atoms with Gasteiger partial charge in [-0.3, -0.25) is 4.98 Å². The molecule has 0 fully saturated rings. The van der Waals surface area contributed by atoms with Crippen LogP contribution in [0.2, 0.25) is 0 Å². The number of fused-ring (bicyclic) bond motifs is 1. The van der Waals surface area contributed by atoms with Crippen LogP contribution in [0.25, 0.3) is 0 Å². The Bertz CT molecular complexity index is 703. The number of nitrogens with one attached hydrogen (secondary N) is 1. The fourth-order valence-electron chi connectivity index (χ4n) is 3.02. The van der Waals surface area contributed by atoms with Crippen molar-refractivity contribution in [2.24, 2.45) is 0 Å². The van der Waals surface area contributed by atoms with Crippen molar-refractivity contribution in [1.29, 1.82) is 0 Å². The minimum atomic E-state index is -0.114. The van der Waals surface area contributed by atoms with Crippen molar-refractivity contribution in [2.75, 3.05) is 13.7 Å². The Balaban J connectivity index is 1.69. The molecular weight excluding hydrogens is 302 g/mol. The Morgan fingerprint density at radius 3 is 2.92 bits per heavy atom. The topological polar surface area (TPSA) is 54.5 Å². The molecule has 0 saturated carbocycles. The van der Waals surface area contributed by atoms with Crippen molar-refractivity contribution in [3.8, 4) is 5.75 Å². The van der Waals surface area contributed by atoms with E-state index in [-0.39, 0.29) is 12.1 Å². The zero-order valence-electron chi connectivity index (χ0n) is 14.2. The second-order valence-corrected chi connectivity index (χ2v) is 6.09. The Morgan fingerprint density at radius 1 is 1.29 bits per heavy atom. The van der Waals surface area contributed by atoms with E-state index in [0.717, 1.165) is 30.8 Å². The summed E-state index contributed by atoms with van der Waals surface area (Å²) < 4.78 is 5.30. The van der Waals surface area contributed by atoms with Gasteiger partial charge < -0.3 is 15.0 Å². The van der Waals surface area contributed by atoms with Crippen molar-refractivity contribution in [3.63, 3.8) is 0 Å². The van der Waals surface area contributed by atoms with Crippen LogP contribution in [0.3, 0.4) is 0 Å². The monoisotopic (exact) mass is 325 g/mol. The number of nitrogens with zero attached hydrogens (tertiary/aromatic N) is 2. The highest BCUT2D eigenvalue weighted by molar-refractivity contribution is 5.74. The molecule has 0 spiro atoms. The van der Waals surface area contributed by atoms with Gasteiger partial charge in [0.2, 0.25) is 0 Å². The lowest BCUT2D eigenvalue weighted by molar-refractivity contribution is 0.192. The third kappa shape index (κ3) is 3.67. The molecule has 1 aliphatic heterocycles. The Hall–Kier alpha value is -2.56. The van der Waals surface area contributed by atoms with Gasteiger partial charge in [0.15, 0.2) is 0 Å². The molecule has 0 bridgehead atoms. The minimum Gasteiger partial charge on any atom is -0.497 e. The lowest BCUT2D eigenvalue weighted by atomic mass is 10.0. The summed E-state index contributed by atoms with van der Waals surface area (Å²) in [6, 6.07) is 11.7. The quantitative estimate of drug-likeness (QED) is 0.942. The summed E-state index contributed by atoms with van der Waals surface area (Å²) in [5, 5.41) is 3.05. The Labute approximate surface area is 142 Å². The molecule has 0 radical (unpaired) electrons. The molecule has 1 atom stereocenters. The predicted octanol–water partition coefficient (Wildman–Crippen LogP) is 3.31. The standard InChI is InChI=1S/C19H23N3O2/c1-14(18-7-3-4-10-20-18)21-19(23)22-11-5-6-15-12-17(24-2)9-8-16(15)13-22/h3-4,7-10,12,14H,5-6,11,13H2,1-2H3,(H,21,23). The summed E-state index contributed by atoms with van der Waals surface area (Å²) in [5.41, 5.74) is 3.32. The van der Waals surface area contributed by atoms with E-state index in [0.29, 0.717) is 6.54 Å². The highest BCUT2D eigenvalue weighted by Crippen LogP contribution is 2.23. The van der Waals surface area contributed by atoms with Gasteiger partial charge >= 0.3 is 6.03 Å². The molecule has 0 saturated heterocycles. The SMILES string of the molecule is COc1ccc2c(c1)CCCN(C(=O)NC(C)c1ccccn1)C2. The third-order valence-corrected chi connectivity index (χ3v) is 4.41. The summed E-state index contributed by atoms with van der Waals surface area (Å²) in [7, 11) is 1.68. The Kier molecular flexibility index (Phi) is 4.99. The second-order valence-electron chi connectivity index (χ2n) is 6.09. The summed E-state index contributed by atoms with van der Waals surface area (Å²) in [6.07, 6.45) is 3.66. The van der Waals surface area contributed by atoms with Crippen molar-refractivity contribution in [2.45, 2.75) is 32.4 Å². The maximum absolute atomic E-state index is 12.6. The van der Waals surface area contributed by atoms with Gasteiger partial charge in [-0.2, -0.15) is 0 Å². The van der Waals surface area contributed by atoms with E-state index in [2.05, 4.69) is 22.4 Å². The molecule has 0 aliphatic carbocycles. The molecule has 1 unspecified atom stereocenters. The molecule has 1 aliphatic rings. The van der Waals surface area contributed by atoms with Crippen LogP contribution in [0.15, 0.2) is 42.6 Å². The fourth-order valence-corrected chi connectivity index (χ4v) is 3.02. The lowest BCUT2D eigenvalue weighted by Gasteiger charge is -2.24. The number of amides is 2. The van der Waals surface area contributed by atoms with E-state index >= 15 is 0 Å². The molecule has 1 N–H and O–H groups in total. The van der Waals surface area contributed by atoms with Crippen LogP contribution in [-0.2, 0) is 13.0 Å². The van der Waals surface area contributed by atoms with Gasteiger partial charge in [-0.1, -0.05) is 12.1 Å². The number of methoxy groups -OCH3 is 1. The Morgan fingerprint density at radius 2 is 2.17 bits per heavy atom. The van der Waals surface area contributed by atoms with Crippen LogP contribution >= 0.6 is 0 Å². The maximum atomic E-state index is 12.6. The predicted molar refractivity (Wildman–Crippen MR) is 92.9 cm³/mol. The number of carbonyl (C=O) groups excluding carboxylic acids is 1. The van der Waals surface area contributed by atoms with Gasteiger partial charge in [0, 0.05) is 19.3 Å². The highest BCUT2D eigenvalue weighted by Gasteiger charge is 2.21. The molecular formula is C19H23N3O2. The molecule has 3 rings (SSSR count). The van der Waals surface area contributed by atoms with Crippen LogP contribution in [0.1, 0.15) is 36.2 Å². The first kappa shape index (κ1) is 16.3. The zero-order chi connectivity index (χ0) is 16.9. The van der Waals surface area contributed by atoms with Gasteiger partial charge in [-0.15, -0.1) is 0 Å². The van der Waals surface area contributed by atoms with Gasteiger partial charge in [0.1, 0.15) is 5.75 Å². The number of carbonyl (C=O) groups is 1. The number of pyridine rings is 1. The zero-order valence-corrected chi connectivity index (χ0v) is 14.2. The number of aryl methyl sites for hydroxylation is 1. The summed E-state index contributed by atoms with van der Waals surface area (Å²) >= 11 is 0. The van der Waals surface area contributed by atoms with E-state index in [1.807, 2.05) is 36.1 Å². The van der Waals surface area contributed by atoms with Gasteiger partial charge in [0.25, 0.3) is 0 Å². The van der Waals surface area contributed by atoms with Crippen molar-refractivity contribution in [1.82, 2.24) is 15.2 Å². The molecule has 126 valence electrons. The van der Waals surface area contributed by atoms with E-state index in [4.69, 9.17) is 4.74 Å². The molecule has 1 aromatic heterocycles. The van der Waals surface area contributed by atoms with E-state index < -0.39 is 0 Å². The second kappa shape index (κ2) is 7.34. The number of rotatable bonds is 3. The highest BCUT2D eigenvalue weighted by atomic mass is 16.5. The molecule has 2 amide bonds. The molecule has 24 heavy (non-hydrogen) atoms. The van der Waals surface area contributed by atoms with E-state index in [9.17, 15) is 4.79 Å². The third-order valence-electron chi connectivity index (χ3n) is 4.41. The van der Waals surface area contributed by atoms with E-state index in [1.165, 1.54) is 11.1 Å². The average molecular weight is 325 g/mol. The molecule has 2 aromatic rings. The fraction of sp³-hybridized carbons (Fsp3) is 0.368. The number of hydrogen-bond donors (Lipinski definition) is 1. The van der Waals surface area contributed by atoms with Crippen LogP contribution in [0, 0.1) is 0 Å². The summed E-state index contributed by atoms with van der Waals surface area (Å²) in [4.78, 5) is 18.8. The smallest absolute Gasteiger partial charge is 0.318 e. The van der Waals surface area contributed by atoms with Crippen LogP contribution in [0.4, 0.5) is 4.79 Å². The molecule has 1 aromatic carbocycles. The summed E-state index contributed by atoms with van der Waals surface area (Å²) in [5.74, 6) is 0.871. The first-order valence-electron chi connectivity index (χ1n) is 8.29. The molecule has 5 nitrogen and oxygen atoms in total. The first-order valence-corrected chi connectivity index (χ1v) is 8.29. The van der Waals surface area contributed by atoms with Crippen LogP contribution < -0.4 is 10.1 Å². The van der Waals surface area contributed by atoms with Crippen LogP contribution in [0.5, 0.6) is 5.75 Å². The lowest BCUT2D eigenvalue weighted by Crippen LogP contribution is -2.40. The molecule has 2 heterocycles. The molecule has 5 heteroatoms. The summed E-state index contributed by atoms with van der Waals surface area (Å²) in [6.45, 7) is 3.33. The van der Waals surface area contributed by atoms with Gasteiger partial charge in [0.05, 0.1) is 18.8 Å². The van der Waals surface area contributed by atoms with Gasteiger partial charge in [-0.25, -0.2) is 4.79 Å². The number of hydrogen-bond acceptors (Lipinski definition) is 3. The number of aromatic nitrogens is 1. The van der Waals surface area contributed by atoms with Crippen molar-refractivity contribution < 1.29 is 9.53 Å².